The van der Waals surface area contributed by atoms with E-state index < -0.39 is 0 Å². The number of carbonyl (C=O) groups is 1. The van der Waals surface area contributed by atoms with Gasteiger partial charge in [0.05, 0.1) is 30.8 Å². The van der Waals surface area contributed by atoms with Gasteiger partial charge in [-0.2, -0.15) is 0 Å². The molecule has 0 atom stereocenters. The average molecular weight is 441 g/mol. The van der Waals surface area contributed by atoms with Gasteiger partial charge in [-0.3, -0.25) is 9.78 Å². The highest BCUT2D eigenvalue weighted by Crippen LogP contribution is 2.37. The zero-order valence-corrected chi connectivity index (χ0v) is 18.5. The van der Waals surface area contributed by atoms with Crippen LogP contribution in [0.25, 0.3) is 15.7 Å². The molecule has 4 aromatic rings. The number of aryl methyl sites for hydroxylation is 1. The molecule has 0 bridgehead atoms. The second-order valence-electron chi connectivity index (χ2n) is 7.67. The van der Waals surface area contributed by atoms with Crippen LogP contribution in [-0.4, -0.2) is 22.5 Å². The van der Waals surface area contributed by atoms with Crippen LogP contribution < -0.4 is 9.47 Å². The molecule has 0 amide bonds. The highest BCUT2D eigenvalue weighted by atomic mass is 16.5. The number of fused-ring (bicyclic) bond motifs is 1. The number of pyridine rings is 1. The Morgan fingerprint density at radius 3 is 2.61 bits per heavy atom. The SMILES string of the molecule is [C-]#[N+]c1cc2c(Oc3ccc(CC(=O)Cc4cc(C)on4)cc3)ccnc2cc1OCCC. The Morgan fingerprint density at radius 2 is 1.91 bits per heavy atom. The van der Waals surface area contributed by atoms with E-state index in [0.29, 0.717) is 52.9 Å². The Kier molecular flexibility index (Phi) is 6.65. The number of carbonyl (C=O) groups excluding carboxylic acids is 1. The maximum atomic E-state index is 12.3. The quantitative estimate of drug-likeness (QED) is 0.296. The van der Waals surface area contributed by atoms with Crippen LogP contribution >= 0.6 is 0 Å². The lowest BCUT2D eigenvalue weighted by Crippen LogP contribution is -2.06. The lowest BCUT2D eigenvalue weighted by molar-refractivity contribution is -0.117. The number of benzene rings is 2. The fourth-order valence-corrected chi connectivity index (χ4v) is 3.44. The number of nitrogens with zero attached hydrogens (tertiary/aromatic N) is 3. The van der Waals surface area contributed by atoms with Gasteiger partial charge in [-0.1, -0.05) is 24.2 Å². The molecule has 0 N–H and O–H groups in total. The Bertz CT molecular complexity index is 1320. The summed E-state index contributed by atoms with van der Waals surface area (Å²) in [5.41, 5.74) is 2.64. The molecule has 0 spiro atoms. The summed E-state index contributed by atoms with van der Waals surface area (Å²) in [6, 6.07) is 14.4. The van der Waals surface area contributed by atoms with Crippen molar-refractivity contribution in [1.29, 1.82) is 0 Å². The molecule has 7 heteroatoms. The summed E-state index contributed by atoms with van der Waals surface area (Å²) >= 11 is 0. The number of aromatic nitrogens is 2. The zero-order valence-electron chi connectivity index (χ0n) is 18.5. The first-order chi connectivity index (χ1) is 16.1. The van der Waals surface area contributed by atoms with Crippen LogP contribution in [0, 0.1) is 13.5 Å². The number of ketones is 1. The van der Waals surface area contributed by atoms with Gasteiger partial charge in [0.2, 0.25) is 5.69 Å². The molecule has 0 unspecified atom stereocenters. The maximum absolute atomic E-state index is 12.3. The van der Waals surface area contributed by atoms with Crippen LogP contribution in [0.15, 0.2) is 59.3 Å². The summed E-state index contributed by atoms with van der Waals surface area (Å²) in [5, 5.41) is 4.60. The van der Waals surface area contributed by atoms with Crippen molar-refractivity contribution in [3.05, 3.63) is 83.2 Å². The first kappa shape index (κ1) is 22.0. The Hall–Kier alpha value is -4.18. The van der Waals surface area contributed by atoms with Crippen molar-refractivity contribution in [3.63, 3.8) is 0 Å². The molecule has 7 nitrogen and oxygen atoms in total. The summed E-state index contributed by atoms with van der Waals surface area (Å²) < 4.78 is 16.8. The Morgan fingerprint density at radius 1 is 1.09 bits per heavy atom. The minimum atomic E-state index is 0.0601. The van der Waals surface area contributed by atoms with Gasteiger partial charge in [0.1, 0.15) is 28.8 Å². The van der Waals surface area contributed by atoms with Crippen molar-refractivity contribution >= 4 is 22.4 Å². The highest BCUT2D eigenvalue weighted by molar-refractivity contribution is 5.91. The molecular weight excluding hydrogens is 418 g/mol. The first-order valence-electron chi connectivity index (χ1n) is 10.7. The molecular formula is C26H23N3O4. The fraction of sp³-hybridized carbons (Fsp3) is 0.231. The van der Waals surface area contributed by atoms with Gasteiger partial charge in [0.25, 0.3) is 0 Å². The first-order valence-corrected chi connectivity index (χ1v) is 10.7. The minimum Gasteiger partial charge on any atom is -0.505 e. The molecule has 2 aromatic heterocycles. The third kappa shape index (κ3) is 5.36. The van der Waals surface area contributed by atoms with Gasteiger partial charge < -0.3 is 14.0 Å². The summed E-state index contributed by atoms with van der Waals surface area (Å²) in [6.45, 7) is 11.8. The highest BCUT2D eigenvalue weighted by Gasteiger charge is 2.12. The molecule has 2 heterocycles. The van der Waals surface area contributed by atoms with Crippen molar-refractivity contribution in [2.75, 3.05) is 6.61 Å². The number of Topliss-reactive ketones (excluding diaryl/α,β-unsaturated/α-hetero) is 1. The molecule has 4 rings (SSSR count). The van der Waals surface area contributed by atoms with E-state index >= 15 is 0 Å². The predicted octanol–water partition coefficient (Wildman–Crippen LogP) is 6.02. The maximum Gasteiger partial charge on any atom is 0.229 e. The van der Waals surface area contributed by atoms with E-state index in [-0.39, 0.29) is 12.2 Å². The largest absolute Gasteiger partial charge is 0.505 e. The summed E-state index contributed by atoms with van der Waals surface area (Å²) in [7, 11) is 0. The molecule has 0 radical (unpaired) electrons. The van der Waals surface area contributed by atoms with Crippen LogP contribution in [0.3, 0.4) is 0 Å². The van der Waals surface area contributed by atoms with Gasteiger partial charge in [-0.25, -0.2) is 4.85 Å². The molecule has 33 heavy (non-hydrogen) atoms. The second kappa shape index (κ2) is 9.96. The smallest absolute Gasteiger partial charge is 0.229 e. The number of hydrogen-bond donors (Lipinski definition) is 0. The molecule has 0 aliphatic carbocycles. The Balaban J connectivity index is 1.48. The van der Waals surface area contributed by atoms with Crippen molar-refractivity contribution in [1.82, 2.24) is 10.1 Å². The van der Waals surface area contributed by atoms with E-state index in [1.165, 1.54) is 0 Å². The van der Waals surface area contributed by atoms with E-state index in [4.69, 9.17) is 20.6 Å². The molecule has 166 valence electrons. The van der Waals surface area contributed by atoms with Crippen LogP contribution in [0.4, 0.5) is 5.69 Å². The average Bonchev–Trinajstić information content (AvgIpc) is 3.22. The predicted molar refractivity (Wildman–Crippen MR) is 124 cm³/mol. The van der Waals surface area contributed by atoms with Gasteiger partial charge in [-0.15, -0.1) is 0 Å². The van der Waals surface area contributed by atoms with E-state index in [1.807, 2.05) is 31.2 Å². The van der Waals surface area contributed by atoms with Crippen molar-refractivity contribution in [3.8, 4) is 17.2 Å². The fourth-order valence-electron chi connectivity index (χ4n) is 3.44. The van der Waals surface area contributed by atoms with Crippen LogP contribution in [0.5, 0.6) is 17.2 Å². The van der Waals surface area contributed by atoms with Crippen molar-refractivity contribution < 1.29 is 18.8 Å². The zero-order chi connectivity index (χ0) is 23.2. The van der Waals surface area contributed by atoms with E-state index in [2.05, 4.69) is 15.0 Å². The van der Waals surface area contributed by atoms with Crippen LogP contribution in [-0.2, 0) is 17.6 Å². The number of rotatable bonds is 9. The molecule has 0 aliphatic rings. The van der Waals surface area contributed by atoms with Gasteiger partial charge in [0.15, 0.2) is 0 Å². The molecule has 0 saturated carbocycles. The molecule has 0 aliphatic heterocycles. The monoisotopic (exact) mass is 441 g/mol. The van der Waals surface area contributed by atoms with Crippen molar-refractivity contribution in [2.45, 2.75) is 33.1 Å². The van der Waals surface area contributed by atoms with Gasteiger partial charge in [-0.05, 0) is 49.2 Å². The lowest BCUT2D eigenvalue weighted by atomic mass is 10.1. The summed E-state index contributed by atoms with van der Waals surface area (Å²) in [4.78, 5) is 20.3. The van der Waals surface area contributed by atoms with E-state index in [9.17, 15) is 4.79 Å². The van der Waals surface area contributed by atoms with Gasteiger partial charge in [0, 0.05) is 24.1 Å². The van der Waals surface area contributed by atoms with Crippen LogP contribution in [0.1, 0.15) is 30.4 Å². The Labute approximate surface area is 191 Å². The standard InChI is InChI=1S/C26H23N3O4/c1-4-11-31-26-16-23-22(15-24(26)27-3)25(9-10-28-23)32-21-7-5-18(6-8-21)13-20(30)14-19-12-17(2)33-29-19/h5-10,12,15-16H,4,11,13-14H2,1-2H3. The molecule has 2 aromatic carbocycles. The van der Waals surface area contributed by atoms with E-state index in [1.54, 1.807) is 37.4 Å². The summed E-state index contributed by atoms with van der Waals surface area (Å²) in [6.07, 6.45) is 3.07. The number of ether oxygens (including phenoxy) is 2. The lowest BCUT2D eigenvalue weighted by Gasteiger charge is -2.12. The third-order valence-corrected chi connectivity index (χ3v) is 4.97. The molecule has 0 fully saturated rings. The summed E-state index contributed by atoms with van der Waals surface area (Å²) in [5.74, 6) is 2.50. The van der Waals surface area contributed by atoms with Crippen LogP contribution in [0.2, 0.25) is 0 Å². The number of hydrogen-bond acceptors (Lipinski definition) is 6. The minimum absolute atomic E-state index is 0.0601. The normalized spacial score (nSPS) is 10.7. The topological polar surface area (TPSA) is 78.8 Å². The van der Waals surface area contributed by atoms with Gasteiger partial charge >= 0.3 is 0 Å². The molecule has 0 saturated heterocycles. The van der Waals surface area contributed by atoms with E-state index in [0.717, 1.165) is 17.4 Å². The third-order valence-electron chi connectivity index (χ3n) is 4.97. The second-order valence-corrected chi connectivity index (χ2v) is 7.67. The van der Waals surface area contributed by atoms with Crippen molar-refractivity contribution in [2.24, 2.45) is 0 Å².